The molecule has 0 atom stereocenters. The van der Waals surface area contributed by atoms with E-state index in [4.69, 9.17) is 14.2 Å². The first-order chi connectivity index (χ1) is 11.6. The van der Waals surface area contributed by atoms with Crippen LogP contribution in [0.4, 0.5) is 0 Å². The first-order valence-corrected chi connectivity index (χ1v) is 12.1. The summed E-state index contributed by atoms with van der Waals surface area (Å²) in [5, 5.41) is 9.44. The van der Waals surface area contributed by atoms with Crippen molar-refractivity contribution in [1.82, 2.24) is 0 Å². The lowest BCUT2D eigenvalue weighted by Crippen LogP contribution is -2.22. The highest BCUT2D eigenvalue weighted by Crippen LogP contribution is 2.46. The molecule has 1 aromatic rings. The van der Waals surface area contributed by atoms with Gasteiger partial charge in [-0.3, -0.25) is 4.79 Å². The number of Topliss-reactive ketones (excluding diaryl/α,β-unsaturated/α-hetero) is 1. The van der Waals surface area contributed by atoms with Gasteiger partial charge in [-0.25, -0.2) is 0 Å². The van der Waals surface area contributed by atoms with Gasteiger partial charge in [0.1, 0.15) is 0 Å². The van der Waals surface area contributed by atoms with Crippen LogP contribution in [0.25, 0.3) is 0 Å². The maximum Gasteiger partial charge on any atom is 0.193 e. The number of methoxy groups -OCH3 is 1. The standard InChI is InChI=1S/C19H28O5Si/c1-19(2)14-10-17(24-12-23-7-8-25(4,5)6)16(22-3)9-13(14)18(21)15(19)11-20/h9-11,20H,7-8,12H2,1-6H3/b15-11+. The molecule has 0 aromatic heterocycles. The first-order valence-electron chi connectivity index (χ1n) is 8.44. The number of hydrogen-bond acceptors (Lipinski definition) is 5. The van der Waals surface area contributed by atoms with E-state index in [9.17, 15) is 9.90 Å². The minimum atomic E-state index is -1.13. The molecule has 0 bridgehead atoms. The van der Waals surface area contributed by atoms with Gasteiger partial charge in [-0.15, -0.1) is 0 Å². The molecule has 1 N–H and O–H groups in total. The fourth-order valence-corrected chi connectivity index (χ4v) is 3.63. The van der Waals surface area contributed by atoms with E-state index in [-0.39, 0.29) is 12.6 Å². The molecule has 25 heavy (non-hydrogen) atoms. The van der Waals surface area contributed by atoms with E-state index in [2.05, 4.69) is 19.6 Å². The Labute approximate surface area is 150 Å². The molecule has 1 aromatic carbocycles. The SMILES string of the molecule is COc1cc2c(cc1OCOCC[Si](C)(C)C)C(C)(C)/C(=C/O)C2=O. The lowest BCUT2D eigenvalue weighted by atomic mass is 9.83. The smallest absolute Gasteiger partial charge is 0.193 e. The third kappa shape index (κ3) is 4.07. The van der Waals surface area contributed by atoms with Gasteiger partial charge in [0.15, 0.2) is 24.1 Å². The van der Waals surface area contributed by atoms with Crippen LogP contribution in [-0.2, 0) is 10.2 Å². The van der Waals surface area contributed by atoms with Crippen LogP contribution in [0.1, 0.15) is 29.8 Å². The molecule has 0 spiro atoms. The number of allylic oxidation sites excluding steroid dienone is 1. The number of fused-ring (bicyclic) bond motifs is 1. The Morgan fingerprint density at radius 3 is 2.44 bits per heavy atom. The molecule has 0 fully saturated rings. The number of carbonyl (C=O) groups is 1. The highest BCUT2D eigenvalue weighted by molar-refractivity contribution is 6.76. The zero-order valence-corrected chi connectivity index (χ0v) is 16.9. The molecule has 138 valence electrons. The number of carbonyl (C=O) groups excluding carboxylic acids is 1. The van der Waals surface area contributed by atoms with Crippen molar-refractivity contribution >= 4 is 13.9 Å². The molecule has 1 aliphatic rings. The predicted molar refractivity (Wildman–Crippen MR) is 101 cm³/mol. The number of rotatable bonds is 7. The van der Waals surface area contributed by atoms with Crippen LogP contribution in [-0.4, -0.2) is 39.5 Å². The third-order valence-electron chi connectivity index (χ3n) is 4.56. The van der Waals surface area contributed by atoms with Crippen LogP contribution in [0.15, 0.2) is 24.0 Å². The molecule has 1 aliphatic carbocycles. The van der Waals surface area contributed by atoms with Crippen molar-refractivity contribution in [2.24, 2.45) is 0 Å². The Morgan fingerprint density at radius 2 is 1.88 bits per heavy atom. The maximum absolute atomic E-state index is 12.5. The van der Waals surface area contributed by atoms with Crippen LogP contribution >= 0.6 is 0 Å². The van der Waals surface area contributed by atoms with Gasteiger partial charge in [0.05, 0.1) is 13.4 Å². The van der Waals surface area contributed by atoms with Crippen LogP contribution < -0.4 is 9.47 Å². The quantitative estimate of drug-likeness (QED) is 0.257. The monoisotopic (exact) mass is 364 g/mol. The van der Waals surface area contributed by atoms with Crippen LogP contribution in [0, 0.1) is 0 Å². The number of hydrogen-bond donors (Lipinski definition) is 1. The molecular weight excluding hydrogens is 336 g/mol. The van der Waals surface area contributed by atoms with Gasteiger partial charge in [-0.05, 0) is 23.7 Å². The van der Waals surface area contributed by atoms with Gasteiger partial charge in [-0.1, -0.05) is 33.5 Å². The Bertz CT molecular complexity index is 686. The molecule has 5 nitrogen and oxygen atoms in total. The van der Waals surface area contributed by atoms with Crippen molar-refractivity contribution in [2.45, 2.75) is 44.9 Å². The Morgan fingerprint density at radius 1 is 1.20 bits per heavy atom. The van der Waals surface area contributed by atoms with Crippen molar-refractivity contribution in [1.29, 1.82) is 0 Å². The van der Waals surface area contributed by atoms with E-state index < -0.39 is 13.5 Å². The van der Waals surface area contributed by atoms with E-state index in [0.717, 1.165) is 17.9 Å². The van der Waals surface area contributed by atoms with Gasteiger partial charge in [0, 0.05) is 31.2 Å². The average Bonchev–Trinajstić information content (AvgIpc) is 2.71. The summed E-state index contributed by atoms with van der Waals surface area (Å²) in [6.07, 6.45) is 0.898. The second-order valence-corrected chi connectivity index (χ2v) is 13.6. The van der Waals surface area contributed by atoms with Crippen LogP contribution in [0.3, 0.4) is 0 Å². The van der Waals surface area contributed by atoms with E-state index in [1.165, 1.54) is 7.11 Å². The second kappa shape index (κ2) is 7.21. The van der Waals surface area contributed by atoms with Crippen molar-refractivity contribution < 1.29 is 24.1 Å². The van der Waals surface area contributed by atoms with E-state index in [1.54, 1.807) is 6.07 Å². The fourth-order valence-electron chi connectivity index (χ4n) is 2.87. The lowest BCUT2D eigenvalue weighted by Gasteiger charge is -2.21. The van der Waals surface area contributed by atoms with E-state index >= 15 is 0 Å². The number of aliphatic hydroxyl groups is 1. The summed E-state index contributed by atoms with van der Waals surface area (Å²) < 4.78 is 16.7. The summed E-state index contributed by atoms with van der Waals surface area (Å²) in [4.78, 5) is 12.5. The summed E-state index contributed by atoms with van der Waals surface area (Å²) in [7, 11) is 0.406. The Hall–Kier alpha value is -1.79. The highest BCUT2D eigenvalue weighted by Gasteiger charge is 2.42. The molecule has 0 unspecified atom stereocenters. The zero-order chi connectivity index (χ0) is 18.8. The molecule has 0 saturated heterocycles. The summed E-state index contributed by atoms with van der Waals surface area (Å²) >= 11 is 0. The molecule has 0 radical (unpaired) electrons. The topological polar surface area (TPSA) is 65.0 Å². The first kappa shape index (κ1) is 19.5. The summed E-state index contributed by atoms with van der Waals surface area (Å²) in [5.74, 6) is 0.837. The van der Waals surface area contributed by atoms with Crippen molar-refractivity contribution in [2.75, 3.05) is 20.5 Å². The maximum atomic E-state index is 12.5. The Kier molecular flexibility index (Phi) is 5.64. The van der Waals surface area contributed by atoms with Gasteiger partial charge in [0.25, 0.3) is 0 Å². The minimum Gasteiger partial charge on any atom is -0.515 e. The summed E-state index contributed by atoms with van der Waals surface area (Å²) in [6.45, 7) is 11.5. The van der Waals surface area contributed by atoms with E-state index in [1.807, 2.05) is 19.9 Å². The number of aliphatic hydroxyl groups excluding tert-OH is 1. The van der Waals surface area contributed by atoms with E-state index in [0.29, 0.717) is 29.2 Å². The normalized spacial score (nSPS) is 17.7. The van der Waals surface area contributed by atoms with Crippen LogP contribution in [0.2, 0.25) is 25.7 Å². The largest absolute Gasteiger partial charge is 0.515 e. The fraction of sp³-hybridized carbons (Fsp3) is 0.526. The summed E-state index contributed by atoms with van der Waals surface area (Å²) in [6, 6.07) is 4.56. The van der Waals surface area contributed by atoms with Crippen LogP contribution in [0.5, 0.6) is 11.5 Å². The zero-order valence-electron chi connectivity index (χ0n) is 15.9. The molecule has 0 saturated carbocycles. The predicted octanol–water partition coefficient (Wildman–Crippen LogP) is 4.30. The van der Waals surface area contributed by atoms with Gasteiger partial charge >= 0.3 is 0 Å². The van der Waals surface area contributed by atoms with Gasteiger partial charge in [0.2, 0.25) is 0 Å². The summed E-state index contributed by atoms with van der Waals surface area (Å²) in [5.41, 5.74) is 1.14. The van der Waals surface area contributed by atoms with Crippen molar-refractivity contribution in [3.63, 3.8) is 0 Å². The van der Waals surface area contributed by atoms with Crippen molar-refractivity contribution in [3.8, 4) is 11.5 Å². The highest BCUT2D eigenvalue weighted by atomic mass is 28.3. The lowest BCUT2D eigenvalue weighted by molar-refractivity contribution is 0.0205. The van der Waals surface area contributed by atoms with Gasteiger partial charge in [-0.2, -0.15) is 0 Å². The number of ketones is 1. The molecule has 0 heterocycles. The molecule has 0 amide bonds. The number of ether oxygens (including phenoxy) is 3. The second-order valence-electron chi connectivity index (χ2n) is 8.03. The molecule has 6 heteroatoms. The third-order valence-corrected chi connectivity index (χ3v) is 6.27. The van der Waals surface area contributed by atoms with Gasteiger partial charge < -0.3 is 19.3 Å². The van der Waals surface area contributed by atoms with Crippen molar-refractivity contribution in [3.05, 3.63) is 35.1 Å². The molecule has 0 aliphatic heterocycles. The molecular formula is C19H28O5Si. The number of benzene rings is 1. The minimum absolute atomic E-state index is 0.136. The average molecular weight is 365 g/mol. The molecule has 2 rings (SSSR count). The Balaban J connectivity index is 2.17.